The van der Waals surface area contributed by atoms with Crippen LogP contribution in [0.5, 0.6) is 0 Å². The van der Waals surface area contributed by atoms with E-state index in [2.05, 4.69) is 15.9 Å². The summed E-state index contributed by atoms with van der Waals surface area (Å²) in [6, 6.07) is 5.57. The van der Waals surface area contributed by atoms with E-state index in [1.165, 1.54) is 0 Å². The standard InChI is InChI=1S/C10H10BrCl2NO/c1-14(10(15)5-12)6-7-2-3-8(11)4-9(7)13/h2-4H,5-6H2,1H3. The van der Waals surface area contributed by atoms with Crippen molar-refractivity contribution in [1.29, 1.82) is 0 Å². The summed E-state index contributed by atoms with van der Waals surface area (Å²) in [4.78, 5) is 12.8. The molecule has 0 saturated heterocycles. The van der Waals surface area contributed by atoms with Crippen molar-refractivity contribution in [3.05, 3.63) is 33.3 Å². The molecule has 2 nitrogen and oxygen atoms in total. The van der Waals surface area contributed by atoms with Crippen LogP contribution < -0.4 is 0 Å². The summed E-state index contributed by atoms with van der Waals surface area (Å²) in [5.74, 6) is -0.124. The van der Waals surface area contributed by atoms with E-state index in [0.29, 0.717) is 11.6 Å². The lowest BCUT2D eigenvalue weighted by molar-refractivity contribution is -0.127. The molecule has 1 amide bonds. The summed E-state index contributed by atoms with van der Waals surface area (Å²) in [7, 11) is 1.70. The lowest BCUT2D eigenvalue weighted by Gasteiger charge is -2.16. The molecular weight excluding hydrogens is 301 g/mol. The molecule has 0 bridgehead atoms. The van der Waals surface area contributed by atoms with Gasteiger partial charge in [0.1, 0.15) is 5.88 Å². The van der Waals surface area contributed by atoms with Gasteiger partial charge in [-0.1, -0.05) is 33.6 Å². The molecule has 0 aliphatic carbocycles. The molecule has 0 spiro atoms. The fourth-order valence-corrected chi connectivity index (χ4v) is 2.03. The van der Waals surface area contributed by atoms with Crippen LogP contribution in [0.25, 0.3) is 0 Å². The first kappa shape index (κ1) is 12.8. The highest BCUT2D eigenvalue weighted by molar-refractivity contribution is 9.10. The summed E-state index contributed by atoms with van der Waals surface area (Å²) < 4.78 is 0.919. The highest BCUT2D eigenvalue weighted by atomic mass is 79.9. The lowest BCUT2D eigenvalue weighted by Crippen LogP contribution is -2.27. The molecule has 1 aromatic carbocycles. The van der Waals surface area contributed by atoms with Gasteiger partial charge < -0.3 is 4.90 Å². The Kier molecular flexibility index (Phi) is 4.90. The Morgan fingerprint density at radius 1 is 1.53 bits per heavy atom. The van der Waals surface area contributed by atoms with Gasteiger partial charge in [-0.25, -0.2) is 0 Å². The minimum absolute atomic E-state index is 0.00928. The predicted molar refractivity (Wildman–Crippen MR) is 66.3 cm³/mol. The Morgan fingerprint density at radius 2 is 2.20 bits per heavy atom. The smallest absolute Gasteiger partial charge is 0.237 e. The van der Waals surface area contributed by atoms with E-state index in [1.807, 2.05) is 12.1 Å². The summed E-state index contributed by atoms with van der Waals surface area (Å²) in [5.41, 5.74) is 0.904. The van der Waals surface area contributed by atoms with E-state index < -0.39 is 0 Å². The normalized spacial score (nSPS) is 10.1. The molecule has 0 aliphatic heterocycles. The molecule has 5 heteroatoms. The van der Waals surface area contributed by atoms with Gasteiger partial charge in [0.25, 0.3) is 0 Å². The summed E-state index contributed by atoms with van der Waals surface area (Å²) in [5, 5.41) is 0.638. The molecule has 0 heterocycles. The third-order valence-corrected chi connectivity index (χ3v) is 3.04. The molecule has 0 aromatic heterocycles. The number of carbonyl (C=O) groups is 1. The fourth-order valence-electron chi connectivity index (χ4n) is 1.10. The summed E-state index contributed by atoms with van der Waals surface area (Å²) in [6.07, 6.45) is 0. The molecule has 0 unspecified atom stereocenters. The highest BCUT2D eigenvalue weighted by Gasteiger charge is 2.09. The number of hydrogen-bond acceptors (Lipinski definition) is 1. The van der Waals surface area contributed by atoms with Gasteiger partial charge in [-0.05, 0) is 17.7 Å². The molecule has 0 saturated carbocycles. The maximum Gasteiger partial charge on any atom is 0.237 e. The molecule has 1 aromatic rings. The number of hydrogen-bond donors (Lipinski definition) is 0. The Balaban J connectivity index is 2.76. The van der Waals surface area contributed by atoms with Crippen LogP contribution in [-0.2, 0) is 11.3 Å². The number of nitrogens with zero attached hydrogens (tertiary/aromatic N) is 1. The van der Waals surface area contributed by atoms with Gasteiger partial charge in [0.2, 0.25) is 5.91 Å². The second-order valence-electron chi connectivity index (χ2n) is 3.12. The van der Waals surface area contributed by atoms with Gasteiger partial charge in [-0.3, -0.25) is 4.79 Å². The van der Waals surface area contributed by atoms with Crippen LogP contribution in [0, 0.1) is 0 Å². The molecule has 15 heavy (non-hydrogen) atoms. The molecule has 82 valence electrons. The fraction of sp³-hybridized carbons (Fsp3) is 0.300. The van der Waals surface area contributed by atoms with Crippen molar-refractivity contribution in [2.45, 2.75) is 6.54 Å². The average molecular weight is 311 g/mol. The van der Waals surface area contributed by atoms with E-state index in [4.69, 9.17) is 23.2 Å². The van der Waals surface area contributed by atoms with Crippen LogP contribution in [0.15, 0.2) is 22.7 Å². The van der Waals surface area contributed by atoms with Crippen molar-refractivity contribution in [3.8, 4) is 0 Å². The Morgan fingerprint density at radius 3 is 2.73 bits per heavy atom. The van der Waals surface area contributed by atoms with Gasteiger partial charge in [0, 0.05) is 23.1 Å². The molecule has 0 aliphatic rings. The Hall–Kier alpha value is -0.250. The SMILES string of the molecule is CN(Cc1ccc(Br)cc1Cl)C(=O)CCl. The van der Waals surface area contributed by atoms with Crippen molar-refractivity contribution in [2.24, 2.45) is 0 Å². The third kappa shape index (κ3) is 3.67. The maximum atomic E-state index is 11.2. The largest absolute Gasteiger partial charge is 0.340 e. The zero-order chi connectivity index (χ0) is 11.4. The number of alkyl halides is 1. The highest BCUT2D eigenvalue weighted by Crippen LogP contribution is 2.22. The van der Waals surface area contributed by atoms with E-state index in [1.54, 1.807) is 18.0 Å². The minimum atomic E-state index is -0.115. The van der Waals surface area contributed by atoms with Crippen LogP contribution >= 0.6 is 39.1 Å². The number of rotatable bonds is 3. The first-order valence-corrected chi connectivity index (χ1v) is 5.99. The van der Waals surface area contributed by atoms with Gasteiger partial charge >= 0.3 is 0 Å². The van der Waals surface area contributed by atoms with Crippen LogP contribution in [0.2, 0.25) is 5.02 Å². The van der Waals surface area contributed by atoms with Crippen molar-refractivity contribution >= 4 is 45.0 Å². The van der Waals surface area contributed by atoms with E-state index in [9.17, 15) is 4.79 Å². The summed E-state index contributed by atoms with van der Waals surface area (Å²) in [6.45, 7) is 0.470. The van der Waals surface area contributed by atoms with Crippen molar-refractivity contribution in [3.63, 3.8) is 0 Å². The van der Waals surface area contributed by atoms with Crippen LogP contribution in [-0.4, -0.2) is 23.7 Å². The lowest BCUT2D eigenvalue weighted by atomic mass is 10.2. The van der Waals surface area contributed by atoms with Crippen molar-refractivity contribution < 1.29 is 4.79 Å². The minimum Gasteiger partial charge on any atom is -0.340 e. The third-order valence-electron chi connectivity index (χ3n) is 1.96. The van der Waals surface area contributed by atoms with Crippen LogP contribution in [0.4, 0.5) is 0 Å². The Bertz CT molecular complexity index is 370. The zero-order valence-corrected chi connectivity index (χ0v) is 11.2. The number of benzene rings is 1. The predicted octanol–water partition coefficient (Wildman–Crippen LogP) is 3.30. The second-order valence-corrected chi connectivity index (χ2v) is 4.71. The van der Waals surface area contributed by atoms with E-state index in [0.717, 1.165) is 10.0 Å². The molecular formula is C10H10BrCl2NO. The molecule has 0 radical (unpaired) electrons. The first-order chi connectivity index (χ1) is 7.04. The topological polar surface area (TPSA) is 20.3 Å². The Labute approximate surface area is 107 Å². The zero-order valence-electron chi connectivity index (χ0n) is 8.14. The maximum absolute atomic E-state index is 11.2. The first-order valence-electron chi connectivity index (χ1n) is 4.28. The monoisotopic (exact) mass is 309 g/mol. The molecule has 1 rings (SSSR count). The second kappa shape index (κ2) is 5.73. The van der Waals surface area contributed by atoms with Gasteiger partial charge in [0.15, 0.2) is 0 Å². The quantitative estimate of drug-likeness (QED) is 0.784. The number of amides is 1. The van der Waals surface area contributed by atoms with Crippen LogP contribution in [0.1, 0.15) is 5.56 Å². The van der Waals surface area contributed by atoms with Crippen molar-refractivity contribution in [1.82, 2.24) is 4.90 Å². The van der Waals surface area contributed by atoms with E-state index in [-0.39, 0.29) is 11.8 Å². The number of halogens is 3. The van der Waals surface area contributed by atoms with Crippen LogP contribution in [0.3, 0.4) is 0 Å². The van der Waals surface area contributed by atoms with Gasteiger partial charge in [-0.15, -0.1) is 11.6 Å². The average Bonchev–Trinajstić information content (AvgIpc) is 2.20. The molecule has 0 N–H and O–H groups in total. The molecule has 0 fully saturated rings. The molecule has 0 atom stereocenters. The summed E-state index contributed by atoms with van der Waals surface area (Å²) >= 11 is 14.8. The van der Waals surface area contributed by atoms with Crippen molar-refractivity contribution in [2.75, 3.05) is 12.9 Å². The van der Waals surface area contributed by atoms with Gasteiger partial charge in [0.05, 0.1) is 0 Å². The van der Waals surface area contributed by atoms with E-state index >= 15 is 0 Å². The van der Waals surface area contributed by atoms with Gasteiger partial charge in [-0.2, -0.15) is 0 Å². The number of carbonyl (C=O) groups excluding carboxylic acids is 1.